The number of nitrogens with zero attached hydrogens (tertiary/aromatic N) is 6. The molecule has 0 aliphatic carbocycles. The van der Waals surface area contributed by atoms with Crippen molar-refractivity contribution >= 4 is 23.2 Å². The molecular weight excluding hydrogens is 390 g/mol. The molecule has 9 heteroatoms. The van der Waals surface area contributed by atoms with E-state index < -0.39 is 0 Å². The van der Waals surface area contributed by atoms with Crippen LogP contribution in [0.5, 0.6) is 0 Å². The summed E-state index contributed by atoms with van der Waals surface area (Å²) in [5.41, 5.74) is 4.31. The minimum absolute atomic E-state index is 0.223. The number of carbonyl (C=O) groups is 1. The summed E-state index contributed by atoms with van der Waals surface area (Å²) in [7, 11) is 0. The van der Waals surface area contributed by atoms with Crippen LogP contribution < -0.4 is 5.32 Å². The van der Waals surface area contributed by atoms with Crippen LogP contribution in [-0.2, 0) is 6.54 Å². The normalized spacial score (nSPS) is 10.9. The Balaban J connectivity index is 1.57. The van der Waals surface area contributed by atoms with Crippen LogP contribution in [0.3, 0.4) is 0 Å². The van der Waals surface area contributed by atoms with Crippen LogP contribution in [0.2, 0.25) is 5.02 Å². The van der Waals surface area contributed by atoms with Crippen LogP contribution in [0.4, 0.5) is 5.69 Å². The molecule has 4 rings (SSSR count). The van der Waals surface area contributed by atoms with Crippen molar-refractivity contribution in [3.05, 3.63) is 82.4 Å². The molecule has 0 fully saturated rings. The fraction of sp³-hybridized carbons (Fsp3) is 0.150. The first kappa shape index (κ1) is 18.8. The Labute approximate surface area is 172 Å². The van der Waals surface area contributed by atoms with E-state index in [9.17, 15) is 4.79 Å². The van der Waals surface area contributed by atoms with E-state index in [1.54, 1.807) is 10.7 Å². The molecule has 0 spiro atoms. The average molecular weight is 408 g/mol. The molecule has 2 aromatic heterocycles. The van der Waals surface area contributed by atoms with Crippen molar-refractivity contribution in [2.24, 2.45) is 0 Å². The number of nitrogens with one attached hydrogen (secondary N) is 1. The zero-order valence-corrected chi connectivity index (χ0v) is 16.6. The van der Waals surface area contributed by atoms with E-state index >= 15 is 0 Å². The Hall–Kier alpha value is -3.52. The number of tetrazole rings is 1. The predicted molar refractivity (Wildman–Crippen MR) is 109 cm³/mol. The second kappa shape index (κ2) is 7.84. The summed E-state index contributed by atoms with van der Waals surface area (Å²) < 4.78 is 3.32. The van der Waals surface area contributed by atoms with E-state index in [1.165, 1.54) is 11.0 Å². The smallest absolute Gasteiger partial charge is 0.259 e. The summed E-state index contributed by atoms with van der Waals surface area (Å²) in [6, 6.07) is 14.9. The Kier molecular flexibility index (Phi) is 5.09. The van der Waals surface area contributed by atoms with Gasteiger partial charge in [0.1, 0.15) is 6.33 Å². The predicted octanol–water partition coefficient (Wildman–Crippen LogP) is 3.43. The molecule has 0 saturated heterocycles. The first-order chi connectivity index (χ1) is 14.0. The number of benzene rings is 2. The molecule has 8 nitrogen and oxygen atoms in total. The highest BCUT2D eigenvalue weighted by Gasteiger charge is 2.19. The quantitative estimate of drug-likeness (QED) is 0.547. The summed E-state index contributed by atoms with van der Waals surface area (Å²) in [4.78, 5) is 12.9. The van der Waals surface area contributed by atoms with E-state index in [0.717, 1.165) is 16.9 Å². The summed E-state index contributed by atoms with van der Waals surface area (Å²) in [6.07, 6.45) is 1.49. The van der Waals surface area contributed by atoms with Gasteiger partial charge in [-0.05, 0) is 54.1 Å². The van der Waals surface area contributed by atoms with Gasteiger partial charge in [-0.3, -0.25) is 9.48 Å². The molecule has 0 aliphatic heterocycles. The lowest BCUT2D eigenvalue weighted by molar-refractivity contribution is 0.102. The lowest BCUT2D eigenvalue weighted by Crippen LogP contribution is -2.14. The van der Waals surface area contributed by atoms with Crippen LogP contribution in [0, 0.1) is 13.8 Å². The fourth-order valence-electron chi connectivity index (χ4n) is 3.17. The minimum atomic E-state index is -0.223. The highest BCUT2D eigenvalue weighted by molar-refractivity contribution is 6.31. The molecule has 29 heavy (non-hydrogen) atoms. The second-order valence-corrected chi connectivity index (χ2v) is 6.96. The van der Waals surface area contributed by atoms with Gasteiger partial charge >= 0.3 is 0 Å². The largest absolute Gasteiger partial charge is 0.322 e. The topological polar surface area (TPSA) is 90.5 Å². The van der Waals surface area contributed by atoms with Crippen LogP contribution in [0.15, 0.2) is 54.9 Å². The maximum Gasteiger partial charge on any atom is 0.259 e. The third kappa shape index (κ3) is 3.88. The van der Waals surface area contributed by atoms with E-state index in [4.69, 9.17) is 11.6 Å². The van der Waals surface area contributed by atoms with Crippen molar-refractivity contribution in [1.29, 1.82) is 0 Å². The number of aryl methyl sites for hydroxylation is 1. The summed E-state index contributed by atoms with van der Waals surface area (Å²) >= 11 is 6.26. The number of aromatic nitrogens is 6. The van der Waals surface area contributed by atoms with E-state index in [1.807, 2.05) is 56.3 Å². The van der Waals surface area contributed by atoms with Crippen molar-refractivity contribution in [1.82, 2.24) is 30.0 Å². The average Bonchev–Trinajstić information content (AvgIpc) is 3.32. The van der Waals surface area contributed by atoms with Gasteiger partial charge in [0.2, 0.25) is 0 Å². The highest BCUT2D eigenvalue weighted by Crippen LogP contribution is 2.21. The van der Waals surface area contributed by atoms with Gasteiger partial charge in [-0.25, -0.2) is 4.68 Å². The van der Waals surface area contributed by atoms with E-state index in [2.05, 4.69) is 25.9 Å². The first-order valence-electron chi connectivity index (χ1n) is 8.95. The molecule has 1 amide bonds. The monoisotopic (exact) mass is 407 g/mol. The molecule has 2 aromatic carbocycles. The van der Waals surface area contributed by atoms with Gasteiger partial charge in [-0.15, -0.1) is 5.10 Å². The highest BCUT2D eigenvalue weighted by atomic mass is 35.5. The number of carbonyl (C=O) groups excluding carboxylic acids is 1. The van der Waals surface area contributed by atoms with Crippen molar-refractivity contribution in [2.45, 2.75) is 20.4 Å². The standard InChI is InChI=1S/C20H18ClN7O/c1-13-19(14(2)27(24-13)11-15-6-3-4-9-18(15)21)20(29)23-16-7-5-8-17(10-16)28-12-22-25-26-28/h3-10,12H,11H2,1-2H3,(H,23,29). The number of hydrogen-bond donors (Lipinski definition) is 1. The Bertz CT molecular complexity index is 1170. The van der Waals surface area contributed by atoms with Gasteiger partial charge < -0.3 is 5.32 Å². The van der Waals surface area contributed by atoms with Crippen LogP contribution in [-0.4, -0.2) is 35.9 Å². The number of anilines is 1. The molecule has 146 valence electrons. The lowest BCUT2D eigenvalue weighted by atomic mass is 10.1. The SMILES string of the molecule is Cc1nn(Cc2ccccc2Cl)c(C)c1C(=O)Nc1cccc(-n2cnnn2)c1. The minimum Gasteiger partial charge on any atom is -0.322 e. The zero-order chi connectivity index (χ0) is 20.4. The summed E-state index contributed by atoms with van der Waals surface area (Å²) in [5, 5.41) is 19.3. The number of amides is 1. The van der Waals surface area contributed by atoms with Gasteiger partial charge in [0.05, 0.1) is 23.5 Å². The van der Waals surface area contributed by atoms with Gasteiger partial charge in [-0.2, -0.15) is 5.10 Å². The van der Waals surface area contributed by atoms with Crippen molar-refractivity contribution in [3.63, 3.8) is 0 Å². The van der Waals surface area contributed by atoms with Crippen LogP contribution >= 0.6 is 11.6 Å². The van der Waals surface area contributed by atoms with Crippen LogP contribution in [0.1, 0.15) is 27.3 Å². The van der Waals surface area contributed by atoms with Crippen molar-refractivity contribution < 1.29 is 4.79 Å². The molecule has 1 N–H and O–H groups in total. The van der Waals surface area contributed by atoms with Crippen molar-refractivity contribution in [3.8, 4) is 5.69 Å². The van der Waals surface area contributed by atoms with Gasteiger partial charge in [-0.1, -0.05) is 35.9 Å². The van der Waals surface area contributed by atoms with Gasteiger partial charge in [0.25, 0.3) is 5.91 Å². The molecule has 4 aromatic rings. The first-order valence-corrected chi connectivity index (χ1v) is 9.33. The molecule has 0 aliphatic rings. The molecule has 0 saturated carbocycles. The molecule has 0 atom stereocenters. The zero-order valence-electron chi connectivity index (χ0n) is 15.9. The van der Waals surface area contributed by atoms with E-state index in [0.29, 0.717) is 28.5 Å². The number of hydrogen-bond acceptors (Lipinski definition) is 5. The van der Waals surface area contributed by atoms with Gasteiger partial charge in [0, 0.05) is 16.4 Å². The Morgan fingerprint density at radius 3 is 2.72 bits per heavy atom. The van der Waals surface area contributed by atoms with Gasteiger partial charge in [0.15, 0.2) is 0 Å². The second-order valence-electron chi connectivity index (χ2n) is 6.55. The molecular formula is C20H18ClN7O. The maximum absolute atomic E-state index is 12.9. The summed E-state index contributed by atoms with van der Waals surface area (Å²) in [6.45, 7) is 4.19. The molecule has 0 unspecified atom stereocenters. The van der Waals surface area contributed by atoms with E-state index in [-0.39, 0.29) is 5.91 Å². The maximum atomic E-state index is 12.9. The molecule has 0 bridgehead atoms. The number of halogens is 1. The summed E-state index contributed by atoms with van der Waals surface area (Å²) in [5.74, 6) is -0.223. The fourth-order valence-corrected chi connectivity index (χ4v) is 3.36. The third-order valence-corrected chi connectivity index (χ3v) is 4.97. The van der Waals surface area contributed by atoms with Crippen LogP contribution in [0.25, 0.3) is 5.69 Å². The molecule has 2 heterocycles. The number of rotatable bonds is 5. The van der Waals surface area contributed by atoms with Crippen molar-refractivity contribution in [2.75, 3.05) is 5.32 Å². The third-order valence-electron chi connectivity index (χ3n) is 4.60. The lowest BCUT2D eigenvalue weighted by Gasteiger charge is -2.09. The Morgan fingerprint density at radius 2 is 1.97 bits per heavy atom. The Morgan fingerprint density at radius 1 is 1.14 bits per heavy atom. The molecule has 0 radical (unpaired) electrons.